The zero-order valence-corrected chi connectivity index (χ0v) is 11.3. The van der Waals surface area contributed by atoms with Crippen LogP contribution < -0.4 is 10.6 Å². The minimum Gasteiger partial charge on any atom is -0.445 e. The fourth-order valence-corrected chi connectivity index (χ4v) is 1.30. The molecule has 0 aromatic heterocycles. The molecule has 0 saturated heterocycles. The van der Waals surface area contributed by atoms with Crippen LogP contribution in [0.4, 0.5) is 4.79 Å². The topological polar surface area (TPSA) is 91.2 Å². The van der Waals surface area contributed by atoms with Gasteiger partial charge in [0.05, 0.1) is 18.5 Å². The second kappa shape index (κ2) is 8.53. The van der Waals surface area contributed by atoms with Crippen molar-refractivity contribution in [3.05, 3.63) is 35.9 Å². The molecule has 1 aromatic rings. The molecule has 2 N–H and O–H groups in total. The van der Waals surface area contributed by atoms with Crippen molar-refractivity contribution in [2.75, 3.05) is 13.1 Å². The number of hydrogen-bond acceptors (Lipinski definition) is 4. The highest BCUT2D eigenvalue weighted by atomic mass is 16.5. The van der Waals surface area contributed by atoms with Crippen LogP contribution in [0.15, 0.2) is 30.3 Å². The van der Waals surface area contributed by atoms with E-state index in [9.17, 15) is 9.59 Å². The molecule has 0 spiro atoms. The van der Waals surface area contributed by atoms with Gasteiger partial charge in [-0.25, -0.2) is 4.79 Å². The van der Waals surface area contributed by atoms with E-state index in [-0.39, 0.29) is 31.5 Å². The van der Waals surface area contributed by atoms with E-state index in [0.717, 1.165) is 5.56 Å². The average molecular weight is 275 g/mol. The molecule has 0 radical (unpaired) electrons. The molecular weight excluding hydrogens is 258 g/mol. The van der Waals surface area contributed by atoms with E-state index in [1.807, 2.05) is 36.4 Å². The van der Waals surface area contributed by atoms with Crippen LogP contribution in [0.25, 0.3) is 0 Å². The maximum atomic E-state index is 11.4. The van der Waals surface area contributed by atoms with Crippen molar-refractivity contribution >= 4 is 12.0 Å². The first kappa shape index (κ1) is 15.5. The van der Waals surface area contributed by atoms with Gasteiger partial charge in [0, 0.05) is 6.54 Å². The smallest absolute Gasteiger partial charge is 0.407 e. The maximum Gasteiger partial charge on any atom is 0.407 e. The molecule has 0 unspecified atom stereocenters. The Morgan fingerprint density at radius 1 is 1.30 bits per heavy atom. The lowest BCUT2D eigenvalue weighted by Gasteiger charge is -2.08. The van der Waals surface area contributed by atoms with Crippen LogP contribution in [0.3, 0.4) is 0 Å². The Morgan fingerprint density at radius 2 is 2.00 bits per heavy atom. The van der Waals surface area contributed by atoms with Gasteiger partial charge in [-0.1, -0.05) is 30.3 Å². The number of hydrogen-bond donors (Lipinski definition) is 2. The van der Waals surface area contributed by atoms with Crippen LogP contribution in [0, 0.1) is 17.2 Å². The molecule has 1 rings (SSSR count). The maximum absolute atomic E-state index is 11.4. The molecule has 0 fully saturated rings. The molecule has 6 nitrogen and oxygen atoms in total. The van der Waals surface area contributed by atoms with Crippen LogP contribution in [0.2, 0.25) is 0 Å². The summed E-state index contributed by atoms with van der Waals surface area (Å²) in [7, 11) is 0. The Bertz CT molecular complexity index is 482. The van der Waals surface area contributed by atoms with E-state index >= 15 is 0 Å². The fraction of sp³-hybridized carbons (Fsp3) is 0.357. The summed E-state index contributed by atoms with van der Waals surface area (Å²) in [6.07, 6.45) is -0.655. The Kier molecular flexibility index (Phi) is 6.62. The Labute approximate surface area is 117 Å². The van der Waals surface area contributed by atoms with Crippen molar-refractivity contribution in [3.63, 3.8) is 0 Å². The molecule has 2 amide bonds. The number of nitrogens with one attached hydrogen (secondary N) is 2. The van der Waals surface area contributed by atoms with Gasteiger partial charge >= 0.3 is 6.09 Å². The van der Waals surface area contributed by atoms with E-state index < -0.39 is 6.09 Å². The number of alkyl carbamates (subject to hydrolysis) is 1. The number of rotatable bonds is 6. The largest absolute Gasteiger partial charge is 0.445 e. The van der Waals surface area contributed by atoms with Crippen molar-refractivity contribution in [2.24, 2.45) is 5.92 Å². The van der Waals surface area contributed by atoms with Crippen molar-refractivity contribution in [3.8, 4) is 6.07 Å². The highest BCUT2D eigenvalue weighted by Crippen LogP contribution is 2.00. The number of amides is 2. The van der Waals surface area contributed by atoms with E-state index in [1.54, 1.807) is 6.92 Å². The summed E-state index contributed by atoms with van der Waals surface area (Å²) in [5.74, 6) is -0.618. The van der Waals surface area contributed by atoms with E-state index in [4.69, 9.17) is 10.00 Å². The summed E-state index contributed by atoms with van der Waals surface area (Å²) >= 11 is 0. The average Bonchev–Trinajstić information content (AvgIpc) is 2.49. The predicted molar refractivity (Wildman–Crippen MR) is 72.4 cm³/mol. The third-order valence-electron chi connectivity index (χ3n) is 2.43. The van der Waals surface area contributed by atoms with Crippen molar-refractivity contribution in [1.29, 1.82) is 5.26 Å². The van der Waals surface area contributed by atoms with Gasteiger partial charge in [-0.3, -0.25) is 4.79 Å². The van der Waals surface area contributed by atoms with Crippen LogP contribution in [0.5, 0.6) is 0 Å². The summed E-state index contributed by atoms with van der Waals surface area (Å²) in [6.45, 7) is 1.93. The monoisotopic (exact) mass is 275 g/mol. The zero-order chi connectivity index (χ0) is 14.8. The predicted octanol–water partition coefficient (Wildman–Crippen LogP) is 1.19. The highest BCUT2D eigenvalue weighted by molar-refractivity contribution is 5.82. The number of benzene rings is 1. The summed E-state index contributed by atoms with van der Waals surface area (Å²) in [5.41, 5.74) is 0.870. The molecule has 0 aliphatic rings. The van der Waals surface area contributed by atoms with Gasteiger partial charge in [-0.15, -0.1) is 0 Å². The molecule has 1 atom stereocenters. The van der Waals surface area contributed by atoms with Gasteiger partial charge in [0.1, 0.15) is 6.61 Å². The van der Waals surface area contributed by atoms with Gasteiger partial charge < -0.3 is 15.4 Å². The van der Waals surface area contributed by atoms with Crippen molar-refractivity contribution in [1.82, 2.24) is 10.6 Å². The second-order valence-electron chi connectivity index (χ2n) is 4.25. The SMILES string of the molecule is C[C@@H](C#N)CNC(=O)CNC(=O)OCc1ccccc1. The van der Waals surface area contributed by atoms with Gasteiger partial charge in [-0.2, -0.15) is 5.26 Å². The lowest BCUT2D eigenvalue weighted by molar-refractivity contribution is -0.120. The van der Waals surface area contributed by atoms with E-state index in [0.29, 0.717) is 0 Å². The normalized spacial score (nSPS) is 11.0. The fourth-order valence-electron chi connectivity index (χ4n) is 1.30. The lowest BCUT2D eigenvalue weighted by atomic mass is 10.2. The van der Waals surface area contributed by atoms with Crippen LogP contribution >= 0.6 is 0 Å². The van der Waals surface area contributed by atoms with Crippen LogP contribution in [-0.2, 0) is 16.1 Å². The first-order valence-electron chi connectivity index (χ1n) is 6.22. The van der Waals surface area contributed by atoms with Gasteiger partial charge in [0.25, 0.3) is 0 Å². The Morgan fingerprint density at radius 3 is 2.65 bits per heavy atom. The molecule has 1 aromatic carbocycles. The quantitative estimate of drug-likeness (QED) is 0.815. The molecular formula is C14H17N3O3. The zero-order valence-electron chi connectivity index (χ0n) is 11.3. The number of nitrogens with zero attached hydrogens (tertiary/aromatic N) is 1. The molecule has 0 bridgehead atoms. The summed E-state index contributed by atoms with van der Waals surface area (Å²) < 4.78 is 4.94. The molecule has 0 saturated carbocycles. The number of ether oxygens (including phenoxy) is 1. The lowest BCUT2D eigenvalue weighted by Crippen LogP contribution is -2.38. The minimum absolute atomic E-state index is 0.153. The van der Waals surface area contributed by atoms with E-state index in [2.05, 4.69) is 10.6 Å². The van der Waals surface area contributed by atoms with Crippen LogP contribution in [-0.4, -0.2) is 25.1 Å². The van der Waals surface area contributed by atoms with Gasteiger partial charge in [0.15, 0.2) is 0 Å². The Balaban J connectivity index is 2.17. The van der Waals surface area contributed by atoms with Gasteiger partial charge in [0.2, 0.25) is 5.91 Å². The van der Waals surface area contributed by atoms with Crippen molar-refractivity contribution < 1.29 is 14.3 Å². The summed E-state index contributed by atoms with van der Waals surface area (Å²) in [5, 5.41) is 13.4. The summed E-state index contributed by atoms with van der Waals surface area (Å²) in [6, 6.07) is 11.2. The van der Waals surface area contributed by atoms with Gasteiger partial charge in [-0.05, 0) is 12.5 Å². The first-order valence-corrected chi connectivity index (χ1v) is 6.22. The number of carbonyl (C=O) groups is 2. The number of carbonyl (C=O) groups excluding carboxylic acids is 2. The molecule has 0 aliphatic heterocycles. The minimum atomic E-state index is -0.655. The third-order valence-corrected chi connectivity index (χ3v) is 2.43. The third kappa shape index (κ3) is 6.40. The second-order valence-corrected chi connectivity index (χ2v) is 4.25. The molecule has 0 aliphatic carbocycles. The molecule has 6 heteroatoms. The summed E-state index contributed by atoms with van der Waals surface area (Å²) in [4.78, 5) is 22.7. The highest BCUT2D eigenvalue weighted by Gasteiger charge is 2.07. The Hall–Kier alpha value is -2.55. The first-order chi connectivity index (χ1) is 9.61. The molecule has 106 valence electrons. The van der Waals surface area contributed by atoms with Crippen molar-refractivity contribution in [2.45, 2.75) is 13.5 Å². The van der Waals surface area contributed by atoms with Crippen LogP contribution in [0.1, 0.15) is 12.5 Å². The molecule has 20 heavy (non-hydrogen) atoms. The standard InChI is InChI=1S/C14H17N3O3/c1-11(7-15)8-16-13(18)9-17-14(19)20-10-12-5-3-2-4-6-12/h2-6,11H,8-10H2,1H3,(H,16,18)(H,17,19)/t11-/m0/s1. The number of nitriles is 1. The van der Waals surface area contributed by atoms with E-state index in [1.165, 1.54) is 0 Å². The molecule has 0 heterocycles.